The summed E-state index contributed by atoms with van der Waals surface area (Å²) in [7, 11) is 3.20. The van der Waals surface area contributed by atoms with Crippen molar-refractivity contribution in [1.29, 1.82) is 0 Å². The molecule has 1 amide bonds. The van der Waals surface area contributed by atoms with Gasteiger partial charge in [0.2, 0.25) is 0 Å². The Morgan fingerprint density at radius 3 is 2.65 bits per heavy atom. The maximum atomic E-state index is 12.1. The number of nitrogen functional groups attached to an aromatic ring is 1. The summed E-state index contributed by atoms with van der Waals surface area (Å²) in [5.74, 6) is 0.380. The van der Waals surface area contributed by atoms with Crippen molar-refractivity contribution in [3.63, 3.8) is 0 Å². The SMILES string of the molecule is COCCC(C)(C)CNC(=O)c1ccc(N)c(OC)c1. The van der Waals surface area contributed by atoms with Crippen molar-refractivity contribution in [2.24, 2.45) is 5.41 Å². The van der Waals surface area contributed by atoms with E-state index in [-0.39, 0.29) is 11.3 Å². The Morgan fingerprint density at radius 2 is 2.05 bits per heavy atom. The molecule has 3 N–H and O–H groups in total. The Morgan fingerprint density at radius 1 is 1.35 bits per heavy atom. The van der Waals surface area contributed by atoms with Gasteiger partial charge in [-0.25, -0.2) is 0 Å². The predicted octanol–water partition coefficient (Wildman–Crippen LogP) is 2.07. The van der Waals surface area contributed by atoms with Gasteiger partial charge in [-0.15, -0.1) is 0 Å². The third-order valence-corrected chi connectivity index (χ3v) is 3.21. The molecule has 112 valence electrons. The molecule has 0 bridgehead atoms. The average molecular weight is 280 g/mol. The molecule has 0 radical (unpaired) electrons. The zero-order chi connectivity index (χ0) is 15.2. The molecule has 0 heterocycles. The Labute approximate surface area is 120 Å². The molecule has 0 aliphatic rings. The third kappa shape index (κ3) is 4.74. The van der Waals surface area contributed by atoms with Crippen LogP contribution in [0.25, 0.3) is 0 Å². The summed E-state index contributed by atoms with van der Waals surface area (Å²) < 4.78 is 10.2. The number of amides is 1. The van der Waals surface area contributed by atoms with Gasteiger partial charge in [-0.3, -0.25) is 4.79 Å². The third-order valence-electron chi connectivity index (χ3n) is 3.21. The van der Waals surface area contributed by atoms with E-state index in [0.717, 1.165) is 6.42 Å². The molecular weight excluding hydrogens is 256 g/mol. The first-order valence-electron chi connectivity index (χ1n) is 6.60. The molecule has 0 unspecified atom stereocenters. The molecule has 0 spiro atoms. The lowest BCUT2D eigenvalue weighted by atomic mass is 9.89. The van der Waals surface area contributed by atoms with E-state index in [2.05, 4.69) is 19.2 Å². The lowest BCUT2D eigenvalue weighted by Gasteiger charge is -2.24. The highest BCUT2D eigenvalue weighted by atomic mass is 16.5. The highest BCUT2D eigenvalue weighted by molar-refractivity contribution is 5.95. The maximum Gasteiger partial charge on any atom is 0.251 e. The molecular formula is C15H24N2O3. The number of carbonyl (C=O) groups is 1. The average Bonchev–Trinajstić information content (AvgIpc) is 2.43. The summed E-state index contributed by atoms with van der Waals surface area (Å²) in [4.78, 5) is 12.1. The van der Waals surface area contributed by atoms with Gasteiger partial charge in [0.15, 0.2) is 0 Å². The van der Waals surface area contributed by atoms with Crippen LogP contribution in [0.5, 0.6) is 5.75 Å². The van der Waals surface area contributed by atoms with Gasteiger partial charge in [0.25, 0.3) is 5.91 Å². The molecule has 5 nitrogen and oxygen atoms in total. The second-order valence-corrected chi connectivity index (χ2v) is 5.55. The number of rotatable bonds is 7. The van der Waals surface area contributed by atoms with Crippen LogP contribution in [0.2, 0.25) is 0 Å². The number of ether oxygens (including phenoxy) is 2. The van der Waals surface area contributed by atoms with Gasteiger partial charge < -0.3 is 20.5 Å². The summed E-state index contributed by atoms with van der Waals surface area (Å²) in [5, 5.41) is 2.93. The number of carbonyl (C=O) groups excluding carboxylic acids is 1. The van der Waals surface area contributed by atoms with E-state index in [4.69, 9.17) is 15.2 Å². The van der Waals surface area contributed by atoms with E-state index in [1.807, 2.05) is 0 Å². The van der Waals surface area contributed by atoms with Crippen LogP contribution < -0.4 is 15.8 Å². The molecule has 1 rings (SSSR count). The van der Waals surface area contributed by atoms with Crippen LogP contribution in [0.1, 0.15) is 30.6 Å². The predicted molar refractivity (Wildman–Crippen MR) is 80.0 cm³/mol. The number of nitrogens with one attached hydrogen (secondary N) is 1. The maximum absolute atomic E-state index is 12.1. The second kappa shape index (κ2) is 7.14. The van der Waals surface area contributed by atoms with Crippen molar-refractivity contribution in [3.8, 4) is 5.75 Å². The van der Waals surface area contributed by atoms with Gasteiger partial charge >= 0.3 is 0 Å². The number of hydrogen-bond acceptors (Lipinski definition) is 4. The lowest BCUT2D eigenvalue weighted by molar-refractivity contribution is 0.0920. The van der Waals surface area contributed by atoms with Gasteiger partial charge in [-0.05, 0) is 30.0 Å². The molecule has 0 aliphatic heterocycles. The van der Waals surface area contributed by atoms with Crippen molar-refractivity contribution in [2.45, 2.75) is 20.3 Å². The van der Waals surface area contributed by atoms with Crippen LogP contribution in [0.3, 0.4) is 0 Å². The van der Waals surface area contributed by atoms with E-state index >= 15 is 0 Å². The summed E-state index contributed by atoms with van der Waals surface area (Å²) >= 11 is 0. The second-order valence-electron chi connectivity index (χ2n) is 5.55. The van der Waals surface area contributed by atoms with Crippen molar-refractivity contribution < 1.29 is 14.3 Å². The van der Waals surface area contributed by atoms with Crippen molar-refractivity contribution in [2.75, 3.05) is 33.1 Å². The number of nitrogens with two attached hydrogens (primary N) is 1. The van der Waals surface area contributed by atoms with Gasteiger partial charge in [-0.1, -0.05) is 13.8 Å². The Hall–Kier alpha value is -1.75. The first-order chi connectivity index (χ1) is 9.39. The minimum absolute atomic E-state index is 0.0104. The van der Waals surface area contributed by atoms with Gasteiger partial charge in [0.05, 0.1) is 12.8 Å². The first kappa shape index (κ1) is 16.3. The zero-order valence-corrected chi connectivity index (χ0v) is 12.7. The highest BCUT2D eigenvalue weighted by Gasteiger charge is 2.19. The van der Waals surface area contributed by atoms with Crippen LogP contribution in [0, 0.1) is 5.41 Å². The van der Waals surface area contributed by atoms with Crippen LogP contribution in [0.4, 0.5) is 5.69 Å². The quantitative estimate of drug-likeness (QED) is 0.750. The van der Waals surface area contributed by atoms with Crippen molar-refractivity contribution in [1.82, 2.24) is 5.32 Å². The molecule has 5 heteroatoms. The topological polar surface area (TPSA) is 73.6 Å². The van der Waals surface area contributed by atoms with Gasteiger partial charge in [0.1, 0.15) is 5.75 Å². The standard InChI is InChI=1S/C15H24N2O3/c1-15(2,7-8-19-3)10-17-14(18)11-5-6-12(16)13(9-11)20-4/h5-6,9H,7-8,10,16H2,1-4H3,(H,17,18). The molecule has 0 fully saturated rings. The molecule has 0 atom stereocenters. The van der Waals surface area contributed by atoms with Crippen LogP contribution in [0.15, 0.2) is 18.2 Å². The fourth-order valence-electron chi connectivity index (χ4n) is 1.74. The Bertz CT molecular complexity index is 458. The Kier molecular flexibility index (Phi) is 5.82. The van der Waals surface area contributed by atoms with E-state index in [1.54, 1.807) is 25.3 Å². The van der Waals surface area contributed by atoms with Crippen molar-refractivity contribution >= 4 is 11.6 Å². The van der Waals surface area contributed by atoms with E-state index in [1.165, 1.54) is 7.11 Å². The van der Waals surface area contributed by atoms with E-state index < -0.39 is 0 Å². The molecule has 0 aliphatic carbocycles. The van der Waals surface area contributed by atoms with Crippen LogP contribution in [-0.4, -0.2) is 33.3 Å². The molecule has 0 saturated carbocycles. The summed E-state index contributed by atoms with van der Waals surface area (Å²) in [6, 6.07) is 5.01. The summed E-state index contributed by atoms with van der Waals surface area (Å²) in [6.07, 6.45) is 0.884. The highest BCUT2D eigenvalue weighted by Crippen LogP contribution is 2.23. The van der Waals surface area contributed by atoms with Gasteiger partial charge in [-0.2, -0.15) is 0 Å². The molecule has 20 heavy (non-hydrogen) atoms. The largest absolute Gasteiger partial charge is 0.495 e. The molecule has 0 saturated heterocycles. The van der Waals surface area contributed by atoms with Gasteiger partial charge in [0, 0.05) is 25.8 Å². The van der Waals surface area contributed by atoms with Crippen molar-refractivity contribution in [3.05, 3.63) is 23.8 Å². The summed E-state index contributed by atoms with van der Waals surface area (Å²) in [6.45, 7) is 5.45. The fourth-order valence-corrected chi connectivity index (χ4v) is 1.74. The molecule has 0 aromatic heterocycles. The molecule has 1 aromatic carbocycles. The first-order valence-corrected chi connectivity index (χ1v) is 6.60. The number of benzene rings is 1. The minimum Gasteiger partial charge on any atom is -0.495 e. The normalized spacial score (nSPS) is 11.2. The minimum atomic E-state index is -0.131. The lowest BCUT2D eigenvalue weighted by Crippen LogP contribution is -2.34. The smallest absolute Gasteiger partial charge is 0.251 e. The Balaban J connectivity index is 2.63. The zero-order valence-electron chi connectivity index (χ0n) is 12.7. The van der Waals surface area contributed by atoms with E-state index in [0.29, 0.717) is 30.2 Å². The van der Waals surface area contributed by atoms with Crippen LogP contribution >= 0.6 is 0 Å². The van der Waals surface area contributed by atoms with Crippen LogP contribution in [-0.2, 0) is 4.74 Å². The van der Waals surface area contributed by atoms with E-state index in [9.17, 15) is 4.79 Å². The monoisotopic (exact) mass is 280 g/mol. The molecule has 1 aromatic rings. The fraction of sp³-hybridized carbons (Fsp3) is 0.533. The summed E-state index contributed by atoms with van der Waals surface area (Å²) in [5.41, 5.74) is 6.78. The number of hydrogen-bond donors (Lipinski definition) is 2. The number of anilines is 1. The number of methoxy groups -OCH3 is 2.